The zero-order chi connectivity index (χ0) is 19.7. The fourth-order valence-electron chi connectivity index (χ4n) is 2.62. The highest BCUT2D eigenvalue weighted by atomic mass is 16.6. The van der Waals surface area contributed by atoms with Gasteiger partial charge in [0.15, 0.2) is 0 Å². The molecular weight excluding hydrogens is 338 g/mol. The van der Waals surface area contributed by atoms with Crippen LogP contribution in [0.15, 0.2) is 24.3 Å². The summed E-state index contributed by atoms with van der Waals surface area (Å²) in [6.45, 7) is 3.18. The molecule has 0 saturated carbocycles. The molecule has 144 valence electrons. The summed E-state index contributed by atoms with van der Waals surface area (Å²) >= 11 is 0. The molecule has 8 heteroatoms. The number of nitro benzene ring substituents is 1. The SMILES string of the molecule is COC(=O)C(C)CN(CCCN(C)C)C(=O)Cc1ccccc1[N+](=O)[O-]. The maximum absolute atomic E-state index is 12.7. The van der Waals surface area contributed by atoms with Crippen LogP contribution in [0, 0.1) is 16.0 Å². The van der Waals surface area contributed by atoms with Crippen LogP contribution in [0.1, 0.15) is 18.9 Å². The monoisotopic (exact) mass is 365 g/mol. The van der Waals surface area contributed by atoms with Gasteiger partial charge in [-0.2, -0.15) is 0 Å². The van der Waals surface area contributed by atoms with Gasteiger partial charge in [-0.05, 0) is 27.1 Å². The van der Waals surface area contributed by atoms with E-state index in [-0.39, 0.29) is 30.5 Å². The summed E-state index contributed by atoms with van der Waals surface area (Å²) in [6, 6.07) is 6.21. The minimum Gasteiger partial charge on any atom is -0.469 e. The number of carbonyl (C=O) groups excluding carboxylic acids is 2. The normalized spacial score (nSPS) is 11.9. The zero-order valence-electron chi connectivity index (χ0n) is 15.8. The molecular formula is C18H27N3O5. The number of amides is 1. The average molecular weight is 365 g/mol. The number of hydrogen-bond donors (Lipinski definition) is 0. The second kappa shape index (κ2) is 10.5. The molecule has 26 heavy (non-hydrogen) atoms. The molecule has 1 atom stereocenters. The van der Waals surface area contributed by atoms with Gasteiger partial charge >= 0.3 is 5.97 Å². The Labute approximate surface area is 153 Å². The lowest BCUT2D eigenvalue weighted by atomic mass is 10.1. The van der Waals surface area contributed by atoms with Crippen LogP contribution in [-0.2, 0) is 20.7 Å². The molecule has 1 aromatic carbocycles. The van der Waals surface area contributed by atoms with E-state index in [1.165, 1.54) is 13.2 Å². The van der Waals surface area contributed by atoms with Crippen molar-refractivity contribution in [2.75, 3.05) is 40.8 Å². The minimum absolute atomic E-state index is 0.0740. The van der Waals surface area contributed by atoms with E-state index in [9.17, 15) is 19.7 Å². The molecule has 0 N–H and O–H groups in total. The Morgan fingerprint density at radius 2 is 1.88 bits per heavy atom. The van der Waals surface area contributed by atoms with Gasteiger partial charge in [0.05, 0.1) is 24.4 Å². The van der Waals surface area contributed by atoms with E-state index in [0.717, 1.165) is 13.0 Å². The van der Waals surface area contributed by atoms with Gasteiger partial charge in [0.2, 0.25) is 5.91 Å². The smallest absolute Gasteiger partial charge is 0.310 e. The summed E-state index contributed by atoms with van der Waals surface area (Å²) < 4.78 is 4.73. The molecule has 1 unspecified atom stereocenters. The van der Waals surface area contributed by atoms with Crippen molar-refractivity contribution in [3.05, 3.63) is 39.9 Å². The molecule has 0 aliphatic carbocycles. The van der Waals surface area contributed by atoms with Gasteiger partial charge in [-0.1, -0.05) is 25.1 Å². The van der Waals surface area contributed by atoms with Gasteiger partial charge in [0, 0.05) is 24.7 Å². The predicted molar refractivity (Wildman–Crippen MR) is 97.7 cm³/mol. The molecule has 0 bridgehead atoms. The first-order valence-corrected chi connectivity index (χ1v) is 8.48. The van der Waals surface area contributed by atoms with Crippen LogP contribution >= 0.6 is 0 Å². The molecule has 0 spiro atoms. The molecule has 0 aliphatic heterocycles. The molecule has 0 fully saturated rings. The molecule has 1 rings (SSSR count). The van der Waals surface area contributed by atoms with Crippen LogP contribution in [0.5, 0.6) is 0 Å². The summed E-state index contributed by atoms with van der Waals surface area (Å²) in [5.41, 5.74) is 0.293. The Balaban J connectivity index is 2.88. The Hall–Kier alpha value is -2.48. The van der Waals surface area contributed by atoms with E-state index < -0.39 is 10.8 Å². The maximum Gasteiger partial charge on any atom is 0.310 e. The summed E-state index contributed by atoms with van der Waals surface area (Å²) in [5.74, 6) is -1.09. The van der Waals surface area contributed by atoms with Crippen molar-refractivity contribution in [3.8, 4) is 0 Å². The summed E-state index contributed by atoms with van der Waals surface area (Å²) in [7, 11) is 5.19. The first kappa shape index (κ1) is 21.6. The van der Waals surface area contributed by atoms with Crippen LogP contribution in [0.2, 0.25) is 0 Å². The molecule has 8 nitrogen and oxygen atoms in total. The fourth-order valence-corrected chi connectivity index (χ4v) is 2.62. The number of hydrogen-bond acceptors (Lipinski definition) is 6. The predicted octanol–water partition coefficient (Wildman–Crippen LogP) is 1.73. The number of benzene rings is 1. The number of para-hydroxylation sites is 1. The van der Waals surface area contributed by atoms with Crippen LogP contribution < -0.4 is 0 Å². The van der Waals surface area contributed by atoms with Crippen LogP contribution in [0.25, 0.3) is 0 Å². The van der Waals surface area contributed by atoms with E-state index in [0.29, 0.717) is 12.1 Å². The number of esters is 1. The van der Waals surface area contributed by atoms with Crippen molar-refractivity contribution < 1.29 is 19.2 Å². The van der Waals surface area contributed by atoms with Gasteiger partial charge in [0.25, 0.3) is 5.69 Å². The van der Waals surface area contributed by atoms with Gasteiger partial charge in [-0.25, -0.2) is 0 Å². The van der Waals surface area contributed by atoms with Crippen LogP contribution in [-0.4, -0.2) is 67.4 Å². The average Bonchev–Trinajstić information content (AvgIpc) is 2.59. The molecule has 1 aromatic rings. The summed E-state index contributed by atoms with van der Waals surface area (Å²) in [4.78, 5) is 38.7. The Bertz CT molecular complexity index is 633. The zero-order valence-corrected chi connectivity index (χ0v) is 15.8. The van der Waals surface area contributed by atoms with Gasteiger partial charge in [-0.3, -0.25) is 19.7 Å². The van der Waals surface area contributed by atoms with Crippen LogP contribution in [0.3, 0.4) is 0 Å². The van der Waals surface area contributed by atoms with Gasteiger partial charge in [0.1, 0.15) is 0 Å². The molecule has 0 aliphatic rings. The highest BCUT2D eigenvalue weighted by Gasteiger charge is 2.23. The molecule has 0 radical (unpaired) electrons. The van der Waals surface area contributed by atoms with E-state index >= 15 is 0 Å². The van der Waals surface area contributed by atoms with Crippen molar-refractivity contribution >= 4 is 17.6 Å². The third kappa shape index (κ3) is 6.79. The first-order chi connectivity index (χ1) is 12.3. The van der Waals surface area contributed by atoms with Crippen LogP contribution in [0.4, 0.5) is 5.69 Å². The summed E-state index contributed by atoms with van der Waals surface area (Å²) in [6.07, 6.45) is 0.663. The molecule has 0 heterocycles. The fraction of sp³-hybridized carbons (Fsp3) is 0.556. The number of nitrogens with zero attached hydrogens (tertiary/aromatic N) is 3. The van der Waals surface area contributed by atoms with E-state index in [2.05, 4.69) is 0 Å². The lowest BCUT2D eigenvalue weighted by Crippen LogP contribution is -2.39. The number of rotatable bonds is 10. The Morgan fingerprint density at radius 1 is 1.23 bits per heavy atom. The van der Waals surface area contributed by atoms with E-state index in [1.807, 2.05) is 19.0 Å². The van der Waals surface area contributed by atoms with Gasteiger partial charge < -0.3 is 14.5 Å². The number of ether oxygens (including phenoxy) is 1. The lowest BCUT2D eigenvalue weighted by molar-refractivity contribution is -0.385. The second-order valence-electron chi connectivity index (χ2n) is 6.48. The third-order valence-electron chi connectivity index (χ3n) is 4.01. The van der Waals surface area contributed by atoms with Crippen molar-refractivity contribution in [1.29, 1.82) is 0 Å². The van der Waals surface area contributed by atoms with E-state index in [1.54, 1.807) is 30.0 Å². The molecule has 1 amide bonds. The lowest BCUT2D eigenvalue weighted by Gasteiger charge is -2.26. The Morgan fingerprint density at radius 3 is 2.46 bits per heavy atom. The molecule has 0 aromatic heterocycles. The molecule has 0 saturated heterocycles. The van der Waals surface area contributed by atoms with Crippen molar-refractivity contribution in [3.63, 3.8) is 0 Å². The standard InChI is InChI=1S/C18H27N3O5/c1-14(18(23)26-4)13-20(11-7-10-19(2)3)17(22)12-15-8-5-6-9-16(15)21(24)25/h5-6,8-9,14H,7,10-13H2,1-4H3. The van der Waals surface area contributed by atoms with Gasteiger partial charge in [-0.15, -0.1) is 0 Å². The first-order valence-electron chi connectivity index (χ1n) is 8.48. The topological polar surface area (TPSA) is 93.0 Å². The van der Waals surface area contributed by atoms with Crippen molar-refractivity contribution in [2.45, 2.75) is 19.8 Å². The maximum atomic E-state index is 12.7. The minimum atomic E-state index is -0.490. The second-order valence-corrected chi connectivity index (χ2v) is 6.48. The Kier molecular flexibility index (Phi) is 8.71. The highest BCUT2D eigenvalue weighted by molar-refractivity contribution is 5.81. The number of nitro groups is 1. The van der Waals surface area contributed by atoms with Crippen molar-refractivity contribution in [1.82, 2.24) is 9.80 Å². The van der Waals surface area contributed by atoms with Crippen molar-refractivity contribution in [2.24, 2.45) is 5.92 Å². The largest absolute Gasteiger partial charge is 0.469 e. The highest BCUT2D eigenvalue weighted by Crippen LogP contribution is 2.19. The summed E-state index contributed by atoms with van der Waals surface area (Å²) in [5, 5.41) is 11.1. The quantitative estimate of drug-likeness (QED) is 0.356. The number of carbonyl (C=O) groups is 2. The third-order valence-corrected chi connectivity index (χ3v) is 4.01. The van der Waals surface area contributed by atoms with E-state index in [4.69, 9.17) is 4.74 Å². The number of methoxy groups -OCH3 is 1.